The van der Waals surface area contributed by atoms with E-state index in [1.54, 1.807) is 6.07 Å². The molecule has 0 amide bonds. The Morgan fingerprint density at radius 2 is 2.09 bits per heavy atom. The van der Waals surface area contributed by atoms with Crippen LogP contribution in [0.3, 0.4) is 0 Å². The topological polar surface area (TPSA) is 61.5 Å². The van der Waals surface area contributed by atoms with Gasteiger partial charge in [0, 0.05) is 5.56 Å². The molecule has 1 aliphatic heterocycles. The summed E-state index contributed by atoms with van der Waals surface area (Å²) in [6.07, 6.45) is 2.86. The second kappa shape index (κ2) is 6.67. The molecule has 0 bridgehead atoms. The van der Waals surface area contributed by atoms with Crippen LogP contribution in [-0.4, -0.2) is 19.6 Å². The minimum atomic E-state index is -0.358. The number of hydrogen-bond donors (Lipinski definition) is 1. The average molecular weight is 309 g/mol. The number of benzene rings is 2. The van der Waals surface area contributed by atoms with Crippen LogP contribution >= 0.6 is 0 Å². The van der Waals surface area contributed by atoms with Gasteiger partial charge in [0.05, 0.1) is 12.7 Å². The zero-order valence-corrected chi connectivity index (χ0v) is 13.0. The number of nitrogens with two attached hydrogens (primary N) is 1. The SMILES string of the molecule is COC(=O)c1ccc2c(c1)/C(=C\CCN)c1ccccc1CO2. The number of hydrogen-bond acceptors (Lipinski definition) is 4. The lowest BCUT2D eigenvalue weighted by Crippen LogP contribution is -2.03. The second-order valence-corrected chi connectivity index (χ2v) is 5.34. The van der Waals surface area contributed by atoms with E-state index in [0.717, 1.165) is 34.4 Å². The van der Waals surface area contributed by atoms with E-state index < -0.39 is 0 Å². The van der Waals surface area contributed by atoms with Gasteiger partial charge in [-0.25, -0.2) is 4.79 Å². The predicted molar refractivity (Wildman–Crippen MR) is 89.3 cm³/mol. The van der Waals surface area contributed by atoms with E-state index in [0.29, 0.717) is 18.7 Å². The highest BCUT2D eigenvalue weighted by atomic mass is 16.5. The van der Waals surface area contributed by atoms with Crippen LogP contribution in [0.4, 0.5) is 0 Å². The first-order valence-corrected chi connectivity index (χ1v) is 7.58. The van der Waals surface area contributed by atoms with Gasteiger partial charge in [0.2, 0.25) is 0 Å². The van der Waals surface area contributed by atoms with E-state index in [4.69, 9.17) is 15.2 Å². The van der Waals surface area contributed by atoms with Crippen LogP contribution in [0.15, 0.2) is 48.5 Å². The molecule has 0 spiro atoms. The van der Waals surface area contributed by atoms with Crippen LogP contribution in [0.25, 0.3) is 5.57 Å². The molecular weight excluding hydrogens is 290 g/mol. The van der Waals surface area contributed by atoms with Crippen molar-refractivity contribution in [3.8, 4) is 5.75 Å². The van der Waals surface area contributed by atoms with Crippen molar-refractivity contribution in [2.75, 3.05) is 13.7 Å². The number of ether oxygens (including phenoxy) is 2. The van der Waals surface area contributed by atoms with E-state index in [1.807, 2.05) is 24.3 Å². The first-order chi connectivity index (χ1) is 11.2. The van der Waals surface area contributed by atoms with E-state index in [2.05, 4.69) is 18.2 Å². The molecule has 0 radical (unpaired) electrons. The van der Waals surface area contributed by atoms with Crippen LogP contribution in [-0.2, 0) is 11.3 Å². The molecule has 4 heteroatoms. The Kier molecular flexibility index (Phi) is 4.44. The number of methoxy groups -OCH3 is 1. The molecule has 23 heavy (non-hydrogen) atoms. The molecule has 2 N–H and O–H groups in total. The highest BCUT2D eigenvalue weighted by Crippen LogP contribution is 2.37. The molecule has 0 unspecified atom stereocenters. The molecule has 0 saturated carbocycles. The van der Waals surface area contributed by atoms with Crippen LogP contribution < -0.4 is 10.5 Å². The van der Waals surface area contributed by atoms with Crippen molar-refractivity contribution >= 4 is 11.5 Å². The maximum Gasteiger partial charge on any atom is 0.337 e. The summed E-state index contributed by atoms with van der Waals surface area (Å²) in [6.45, 7) is 1.07. The Bertz CT molecular complexity index is 765. The number of fused-ring (bicyclic) bond motifs is 2. The lowest BCUT2D eigenvalue weighted by molar-refractivity contribution is 0.0600. The van der Waals surface area contributed by atoms with Crippen molar-refractivity contribution in [2.45, 2.75) is 13.0 Å². The molecule has 118 valence electrons. The van der Waals surface area contributed by atoms with Gasteiger partial charge in [0.1, 0.15) is 12.4 Å². The highest BCUT2D eigenvalue weighted by Gasteiger charge is 2.20. The number of rotatable bonds is 3. The fourth-order valence-electron chi connectivity index (χ4n) is 2.77. The van der Waals surface area contributed by atoms with Gasteiger partial charge in [-0.3, -0.25) is 0 Å². The highest BCUT2D eigenvalue weighted by molar-refractivity contribution is 5.93. The molecule has 4 nitrogen and oxygen atoms in total. The Morgan fingerprint density at radius 3 is 2.87 bits per heavy atom. The normalized spacial score (nSPS) is 14.4. The molecule has 0 fully saturated rings. The third-order valence-electron chi connectivity index (χ3n) is 3.90. The van der Waals surface area contributed by atoms with E-state index >= 15 is 0 Å². The summed E-state index contributed by atoms with van der Waals surface area (Å²) >= 11 is 0. The Morgan fingerprint density at radius 1 is 1.26 bits per heavy atom. The van der Waals surface area contributed by atoms with Crippen LogP contribution in [0.2, 0.25) is 0 Å². The summed E-state index contributed by atoms with van der Waals surface area (Å²) in [7, 11) is 1.38. The predicted octanol–water partition coefficient (Wildman–Crippen LogP) is 3.15. The van der Waals surface area contributed by atoms with Crippen LogP contribution in [0.5, 0.6) is 5.75 Å². The van der Waals surface area contributed by atoms with Gasteiger partial charge in [-0.05, 0) is 47.9 Å². The summed E-state index contributed by atoms with van der Waals surface area (Å²) in [4.78, 5) is 11.8. The van der Waals surface area contributed by atoms with Gasteiger partial charge in [-0.15, -0.1) is 0 Å². The zero-order chi connectivity index (χ0) is 16.2. The largest absolute Gasteiger partial charge is 0.488 e. The summed E-state index contributed by atoms with van der Waals surface area (Å²) in [6, 6.07) is 13.5. The van der Waals surface area contributed by atoms with Gasteiger partial charge >= 0.3 is 5.97 Å². The van der Waals surface area contributed by atoms with E-state index in [1.165, 1.54) is 7.11 Å². The Balaban J connectivity index is 2.18. The molecule has 2 aromatic carbocycles. The third kappa shape index (κ3) is 2.98. The van der Waals surface area contributed by atoms with Crippen molar-refractivity contribution in [1.29, 1.82) is 0 Å². The lowest BCUT2D eigenvalue weighted by atomic mass is 9.92. The molecule has 0 aromatic heterocycles. The van der Waals surface area contributed by atoms with Crippen molar-refractivity contribution in [1.82, 2.24) is 0 Å². The molecule has 2 aromatic rings. The molecular formula is C19H19NO3. The number of carbonyl (C=O) groups is 1. The monoisotopic (exact) mass is 309 g/mol. The Labute approximate surface area is 135 Å². The first-order valence-electron chi connectivity index (χ1n) is 7.58. The fourth-order valence-corrected chi connectivity index (χ4v) is 2.77. The lowest BCUT2D eigenvalue weighted by Gasteiger charge is -2.12. The maximum atomic E-state index is 11.8. The summed E-state index contributed by atoms with van der Waals surface area (Å²) in [5.41, 5.74) is 10.4. The maximum absolute atomic E-state index is 11.8. The van der Waals surface area contributed by atoms with Crippen LogP contribution in [0, 0.1) is 0 Å². The van der Waals surface area contributed by atoms with Crippen LogP contribution in [0.1, 0.15) is 33.5 Å². The quantitative estimate of drug-likeness (QED) is 0.885. The van der Waals surface area contributed by atoms with E-state index in [9.17, 15) is 4.79 Å². The molecule has 1 heterocycles. The first kappa shape index (κ1) is 15.3. The average Bonchev–Trinajstić information content (AvgIpc) is 2.75. The van der Waals surface area contributed by atoms with Crippen molar-refractivity contribution < 1.29 is 14.3 Å². The van der Waals surface area contributed by atoms with Crippen molar-refractivity contribution in [2.24, 2.45) is 5.73 Å². The molecule has 0 aliphatic carbocycles. The van der Waals surface area contributed by atoms with Gasteiger partial charge in [-0.2, -0.15) is 0 Å². The van der Waals surface area contributed by atoms with Crippen molar-refractivity contribution in [3.63, 3.8) is 0 Å². The smallest absolute Gasteiger partial charge is 0.337 e. The van der Waals surface area contributed by atoms with E-state index in [-0.39, 0.29) is 5.97 Å². The zero-order valence-electron chi connectivity index (χ0n) is 13.0. The standard InChI is InChI=1S/C19H19NO3/c1-22-19(21)13-8-9-18-17(11-13)16(7-4-10-20)15-6-3-2-5-14(15)12-23-18/h2-3,5-9,11H,4,10,12,20H2,1H3/b16-7-. The molecule has 0 saturated heterocycles. The third-order valence-corrected chi connectivity index (χ3v) is 3.90. The molecule has 3 rings (SSSR count). The van der Waals surface area contributed by atoms with Crippen molar-refractivity contribution in [3.05, 3.63) is 70.8 Å². The van der Waals surface area contributed by atoms with Gasteiger partial charge in [0.15, 0.2) is 0 Å². The van der Waals surface area contributed by atoms with Gasteiger partial charge < -0.3 is 15.2 Å². The minimum absolute atomic E-state index is 0.358. The fraction of sp³-hybridized carbons (Fsp3) is 0.211. The summed E-state index contributed by atoms with van der Waals surface area (Å²) in [5, 5.41) is 0. The minimum Gasteiger partial charge on any atom is -0.488 e. The molecule has 0 atom stereocenters. The van der Waals surface area contributed by atoms with Gasteiger partial charge in [0.25, 0.3) is 0 Å². The summed E-state index contributed by atoms with van der Waals surface area (Å²) < 4.78 is 10.8. The Hall–Kier alpha value is -2.59. The second-order valence-electron chi connectivity index (χ2n) is 5.34. The number of esters is 1. The molecule has 1 aliphatic rings. The van der Waals surface area contributed by atoms with Gasteiger partial charge in [-0.1, -0.05) is 30.3 Å². The number of carbonyl (C=O) groups excluding carboxylic acids is 1. The summed E-state index contributed by atoms with van der Waals surface area (Å²) in [5.74, 6) is 0.403.